The zero-order valence-corrected chi connectivity index (χ0v) is 13.8. The van der Waals surface area contributed by atoms with Crippen molar-refractivity contribution < 1.29 is 24.0 Å². The van der Waals surface area contributed by atoms with Crippen LogP contribution in [0.25, 0.3) is 11.0 Å². The van der Waals surface area contributed by atoms with Gasteiger partial charge in [0.1, 0.15) is 12.3 Å². The lowest BCUT2D eigenvalue weighted by Gasteiger charge is -2.24. The van der Waals surface area contributed by atoms with Gasteiger partial charge in [-0.15, -0.1) is 0 Å². The van der Waals surface area contributed by atoms with Crippen molar-refractivity contribution in [3.63, 3.8) is 0 Å². The second kappa shape index (κ2) is 7.05. The predicted octanol–water partition coefficient (Wildman–Crippen LogP) is 1.24. The van der Waals surface area contributed by atoms with Crippen LogP contribution in [0.3, 0.4) is 0 Å². The van der Waals surface area contributed by atoms with Gasteiger partial charge in [-0.25, -0.2) is 4.79 Å². The fraction of sp³-hybridized carbons (Fsp3) is 0.444. The molecule has 1 saturated heterocycles. The highest BCUT2D eigenvalue weighted by atomic mass is 16.5. The van der Waals surface area contributed by atoms with Crippen molar-refractivity contribution in [3.05, 3.63) is 39.7 Å². The number of carbonyl (C=O) groups is 1. The van der Waals surface area contributed by atoms with E-state index < -0.39 is 5.97 Å². The monoisotopic (exact) mass is 332 g/mol. The summed E-state index contributed by atoms with van der Waals surface area (Å²) in [4.78, 5) is 25.6. The zero-order chi connectivity index (χ0) is 17.1. The number of phenols is 1. The smallest absolute Gasteiger partial charge is 0.374 e. The highest BCUT2D eigenvalue weighted by Gasteiger charge is 2.22. The third-order valence-electron chi connectivity index (χ3n) is 4.44. The van der Waals surface area contributed by atoms with E-state index in [0.717, 1.165) is 32.0 Å². The molecule has 3 rings (SSSR count). The highest BCUT2D eigenvalue weighted by Crippen LogP contribution is 2.26. The maximum absolute atomic E-state index is 12.3. The van der Waals surface area contributed by atoms with Crippen LogP contribution in [0.15, 0.2) is 27.4 Å². The van der Waals surface area contributed by atoms with Gasteiger partial charge in [-0.1, -0.05) is 0 Å². The van der Waals surface area contributed by atoms with E-state index in [9.17, 15) is 14.7 Å². The van der Waals surface area contributed by atoms with Crippen molar-refractivity contribution in [1.29, 1.82) is 0 Å². The Bertz CT molecular complexity index is 805. The molecule has 2 N–H and O–H groups in total. The summed E-state index contributed by atoms with van der Waals surface area (Å²) in [5.41, 5.74) is 0.547. The number of benzene rings is 1. The number of piperidine rings is 1. The third-order valence-corrected chi connectivity index (χ3v) is 4.44. The van der Waals surface area contributed by atoms with Crippen molar-refractivity contribution in [3.8, 4) is 5.75 Å². The first-order valence-electron chi connectivity index (χ1n) is 8.39. The molecule has 0 radical (unpaired) electrons. The molecule has 1 aromatic carbocycles. The Morgan fingerprint density at radius 2 is 2.04 bits per heavy atom. The van der Waals surface area contributed by atoms with Gasteiger partial charge in [-0.3, -0.25) is 4.79 Å². The first kappa shape index (κ1) is 16.5. The SMILES string of the molecule is CCOC(=O)c1cc(=O)c2ccc(O)c(C[NH+]3CCCCC3)c2o1. The lowest BCUT2D eigenvalue weighted by molar-refractivity contribution is -0.918. The van der Waals surface area contributed by atoms with E-state index in [1.807, 2.05) is 0 Å². The van der Waals surface area contributed by atoms with Crippen LogP contribution in [0.2, 0.25) is 0 Å². The van der Waals surface area contributed by atoms with Crippen LogP contribution in [0.5, 0.6) is 5.75 Å². The number of phenolic OH excluding ortho intramolecular Hbond substituents is 1. The molecule has 6 heteroatoms. The second-order valence-electron chi connectivity index (χ2n) is 6.12. The molecule has 0 aliphatic carbocycles. The van der Waals surface area contributed by atoms with Crippen molar-refractivity contribution in [1.82, 2.24) is 0 Å². The van der Waals surface area contributed by atoms with Gasteiger partial charge < -0.3 is 19.2 Å². The normalized spacial score (nSPS) is 15.5. The van der Waals surface area contributed by atoms with Crippen molar-refractivity contribution in [2.75, 3.05) is 19.7 Å². The Balaban J connectivity index is 2.07. The van der Waals surface area contributed by atoms with E-state index in [0.29, 0.717) is 17.5 Å². The number of rotatable bonds is 4. The number of carbonyl (C=O) groups excluding carboxylic acids is 1. The molecular weight excluding hydrogens is 310 g/mol. The number of nitrogens with one attached hydrogen (secondary N) is 1. The number of hydrogen-bond donors (Lipinski definition) is 2. The van der Waals surface area contributed by atoms with Crippen LogP contribution >= 0.6 is 0 Å². The maximum Gasteiger partial charge on any atom is 0.374 e. The average Bonchev–Trinajstić information content (AvgIpc) is 2.58. The van der Waals surface area contributed by atoms with E-state index >= 15 is 0 Å². The summed E-state index contributed by atoms with van der Waals surface area (Å²) in [5.74, 6) is -0.712. The minimum atomic E-state index is -0.670. The van der Waals surface area contributed by atoms with E-state index in [-0.39, 0.29) is 29.1 Å². The molecule has 1 aliphatic heterocycles. The third kappa shape index (κ3) is 3.28. The summed E-state index contributed by atoms with van der Waals surface area (Å²) >= 11 is 0. The molecule has 0 atom stereocenters. The maximum atomic E-state index is 12.3. The van der Waals surface area contributed by atoms with Gasteiger partial charge in [0.25, 0.3) is 0 Å². The summed E-state index contributed by atoms with van der Waals surface area (Å²) in [5, 5.41) is 10.6. The Hall–Kier alpha value is -2.34. The molecule has 24 heavy (non-hydrogen) atoms. The fourth-order valence-electron chi connectivity index (χ4n) is 3.22. The molecule has 1 aliphatic rings. The molecule has 128 valence electrons. The van der Waals surface area contributed by atoms with Crippen molar-refractivity contribution in [2.45, 2.75) is 32.7 Å². The van der Waals surface area contributed by atoms with Gasteiger partial charge >= 0.3 is 5.97 Å². The summed E-state index contributed by atoms with van der Waals surface area (Å²) in [6, 6.07) is 4.19. The molecule has 1 fully saturated rings. The van der Waals surface area contributed by atoms with Crippen molar-refractivity contribution >= 4 is 16.9 Å². The van der Waals surface area contributed by atoms with E-state index in [1.165, 1.54) is 23.5 Å². The molecule has 1 aromatic heterocycles. The summed E-state index contributed by atoms with van der Waals surface area (Å²) in [7, 11) is 0. The minimum absolute atomic E-state index is 0.0877. The number of fused-ring (bicyclic) bond motifs is 1. The summed E-state index contributed by atoms with van der Waals surface area (Å²) in [6.45, 7) is 4.51. The average molecular weight is 332 g/mol. The van der Waals surface area contributed by atoms with E-state index in [2.05, 4.69) is 0 Å². The Labute approximate surface area is 139 Å². The van der Waals surface area contributed by atoms with Gasteiger partial charge in [0.15, 0.2) is 11.0 Å². The quantitative estimate of drug-likeness (QED) is 0.824. The molecule has 0 spiro atoms. The van der Waals surface area contributed by atoms with Crippen LogP contribution in [0, 0.1) is 0 Å². The van der Waals surface area contributed by atoms with E-state index in [1.54, 1.807) is 6.92 Å². The molecule has 6 nitrogen and oxygen atoms in total. The molecule has 0 unspecified atom stereocenters. The molecule has 2 heterocycles. The van der Waals surface area contributed by atoms with Gasteiger partial charge in [-0.2, -0.15) is 0 Å². The first-order chi connectivity index (χ1) is 11.6. The number of hydrogen-bond acceptors (Lipinski definition) is 5. The van der Waals surface area contributed by atoms with Crippen LogP contribution in [-0.4, -0.2) is 30.8 Å². The molecule has 0 saturated carbocycles. The number of likely N-dealkylation sites (tertiary alicyclic amines) is 1. The van der Waals surface area contributed by atoms with Gasteiger partial charge in [-0.05, 0) is 38.3 Å². The molecule has 2 aromatic rings. The Kier molecular flexibility index (Phi) is 4.85. The Morgan fingerprint density at radius 1 is 1.29 bits per heavy atom. The number of ether oxygens (including phenoxy) is 1. The van der Waals surface area contributed by atoms with Crippen LogP contribution in [0.4, 0.5) is 0 Å². The summed E-state index contributed by atoms with van der Waals surface area (Å²) < 4.78 is 10.6. The van der Waals surface area contributed by atoms with Crippen LogP contribution in [0.1, 0.15) is 42.3 Å². The van der Waals surface area contributed by atoms with Crippen LogP contribution in [-0.2, 0) is 11.3 Å². The number of esters is 1. The number of quaternary nitrogens is 1. The molecular formula is C18H22NO5+. The zero-order valence-electron chi connectivity index (χ0n) is 13.8. The fourth-order valence-corrected chi connectivity index (χ4v) is 3.22. The number of aromatic hydroxyl groups is 1. The topological polar surface area (TPSA) is 81.2 Å². The lowest BCUT2D eigenvalue weighted by Crippen LogP contribution is -3.11. The molecule has 0 amide bonds. The van der Waals surface area contributed by atoms with Gasteiger partial charge in [0.05, 0.1) is 30.6 Å². The largest absolute Gasteiger partial charge is 0.507 e. The minimum Gasteiger partial charge on any atom is -0.507 e. The standard InChI is InChI=1S/C18H21NO5/c1-2-23-18(22)16-10-15(21)12-6-7-14(20)13(17(12)24-16)11-19-8-4-3-5-9-19/h6-7,10,20H,2-5,8-9,11H2,1H3/p+1. The van der Waals surface area contributed by atoms with Crippen LogP contribution < -0.4 is 10.3 Å². The first-order valence-corrected chi connectivity index (χ1v) is 8.39. The molecule has 0 bridgehead atoms. The van der Waals surface area contributed by atoms with Gasteiger partial charge in [0, 0.05) is 6.07 Å². The highest BCUT2D eigenvalue weighted by molar-refractivity contribution is 5.90. The summed E-state index contributed by atoms with van der Waals surface area (Å²) in [6.07, 6.45) is 3.53. The second-order valence-corrected chi connectivity index (χ2v) is 6.12. The lowest BCUT2D eigenvalue weighted by atomic mass is 10.1. The van der Waals surface area contributed by atoms with Gasteiger partial charge in [0.2, 0.25) is 5.76 Å². The van der Waals surface area contributed by atoms with Crippen molar-refractivity contribution in [2.24, 2.45) is 0 Å². The van der Waals surface area contributed by atoms with E-state index in [4.69, 9.17) is 9.15 Å². The Morgan fingerprint density at radius 3 is 2.75 bits per heavy atom. The predicted molar refractivity (Wildman–Crippen MR) is 88.4 cm³/mol.